The van der Waals surface area contributed by atoms with Crippen LogP contribution >= 0.6 is 43.5 Å². The molecule has 0 atom stereocenters. The molecule has 1 amide bonds. The Hall–Kier alpha value is -2.41. The molecule has 0 bridgehead atoms. The third kappa shape index (κ3) is 5.07. The van der Waals surface area contributed by atoms with Crippen LogP contribution in [-0.4, -0.2) is 17.9 Å². The molecule has 27 heavy (non-hydrogen) atoms. The standard InChI is InChI=1S/C17H10Br2ClN3O4/c1-27-16-12(18)5-9(6-13(16)19)4-10(8-21)17(24)22-15-3-2-11(23(25)26)7-14(15)20/h2-7H,1H3,(H,22,24)/b10-4-. The molecule has 2 aromatic carbocycles. The molecule has 0 spiro atoms. The number of hydrogen-bond donors (Lipinski definition) is 1. The summed E-state index contributed by atoms with van der Waals surface area (Å²) >= 11 is 12.6. The second kappa shape index (κ2) is 8.99. The fourth-order valence-electron chi connectivity index (χ4n) is 2.08. The van der Waals surface area contributed by atoms with Crippen molar-refractivity contribution in [1.29, 1.82) is 5.26 Å². The van der Waals surface area contributed by atoms with Crippen molar-refractivity contribution in [3.8, 4) is 11.8 Å². The molecule has 0 radical (unpaired) electrons. The van der Waals surface area contributed by atoms with Gasteiger partial charge < -0.3 is 10.1 Å². The Balaban J connectivity index is 2.30. The summed E-state index contributed by atoms with van der Waals surface area (Å²) in [5.74, 6) is -0.121. The third-order valence-corrected chi connectivity index (χ3v) is 4.80. The smallest absolute Gasteiger partial charge is 0.271 e. The number of nitrogens with one attached hydrogen (secondary N) is 1. The van der Waals surface area contributed by atoms with Crippen LogP contribution in [0, 0.1) is 21.4 Å². The van der Waals surface area contributed by atoms with Crippen molar-refractivity contribution in [2.24, 2.45) is 0 Å². The fraction of sp³-hybridized carbons (Fsp3) is 0.0588. The van der Waals surface area contributed by atoms with Crippen LogP contribution in [0.5, 0.6) is 5.75 Å². The highest BCUT2D eigenvalue weighted by Gasteiger charge is 2.15. The van der Waals surface area contributed by atoms with Gasteiger partial charge in [-0.1, -0.05) is 11.6 Å². The molecule has 0 fully saturated rings. The number of nitro groups is 1. The number of nitriles is 1. The Labute approximate surface area is 176 Å². The molecule has 0 aliphatic heterocycles. The van der Waals surface area contributed by atoms with Crippen molar-refractivity contribution in [3.05, 3.63) is 65.6 Å². The molecule has 138 valence electrons. The van der Waals surface area contributed by atoms with E-state index in [4.69, 9.17) is 16.3 Å². The van der Waals surface area contributed by atoms with Gasteiger partial charge in [-0.25, -0.2) is 0 Å². The van der Waals surface area contributed by atoms with E-state index in [0.717, 1.165) is 6.07 Å². The van der Waals surface area contributed by atoms with Gasteiger partial charge >= 0.3 is 0 Å². The average molecular weight is 516 g/mol. The largest absolute Gasteiger partial charge is 0.494 e. The lowest BCUT2D eigenvalue weighted by Gasteiger charge is -2.08. The van der Waals surface area contributed by atoms with E-state index >= 15 is 0 Å². The minimum atomic E-state index is -0.698. The Morgan fingerprint density at radius 2 is 1.96 bits per heavy atom. The van der Waals surface area contributed by atoms with Gasteiger partial charge in [0.25, 0.3) is 11.6 Å². The number of nitro benzene ring substituents is 1. The minimum Gasteiger partial charge on any atom is -0.494 e. The van der Waals surface area contributed by atoms with Crippen LogP contribution in [0.1, 0.15) is 5.56 Å². The maximum absolute atomic E-state index is 12.4. The van der Waals surface area contributed by atoms with Gasteiger partial charge in [-0.05, 0) is 61.7 Å². The van der Waals surface area contributed by atoms with Crippen LogP contribution in [0.4, 0.5) is 11.4 Å². The van der Waals surface area contributed by atoms with Crippen molar-refractivity contribution in [2.45, 2.75) is 0 Å². The number of hydrogen-bond acceptors (Lipinski definition) is 5. The van der Waals surface area contributed by atoms with Gasteiger partial charge in [0.1, 0.15) is 17.4 Å². The predicted molar refractivity (Wildman–Crippen MR) is 109 cm³/mol. The quantitative estimate of drug-likeness (QED) is 0.251. The van der Waals surface area contributed by atoms with E-state index in [1.54, 1.807) is 12.1 Å². The van der Waals surface area contributed by atoms with E-state index in [1.165, 1.54) is 25.3 Å². The number of halogens is 3. The van der Waals surface area contributed by atoms with E-state index in [2.05, 4.69) is 37.2 Å². The first kappa shape index (κ1) is 20.9. The topological polar surface area (TPSA) is 105 Å². The number of amides is 1. The first-order valence-corrected chi connectivity index (χ1v) is 9.13. The lowest BCUT2D eigenvalue weighted by atomic mass is 10.1. The highest BCUT2D eigenvalue weighted by atomic mass is 79.9. The van der Waals surface area contributed by atoms with E-state index in [1.807, 2.05) is 6.07 Å². The predicted octanol–water partition coefficient (Wildman–Crippen LogP) is 5.33. The summed E-state index contributed by atoms with van der Waals surface area (Å²) in [4.78, 5) is 22.5. The van der Waals surface area contributed by atoms with Crippen LogP contribution in [0.15, 0.2) is 44.9 Å². The van der Waals surface area contributed by atoms with Crippen molar-refractivity contribution in [2.75, 3.05) is 12.4 Å². The van der Waals surface area contributed by atoms with Gasteiger partial charge in [0.15, 0.2) is 0 Å². The minimum absolute atomic E-state index is 0.00947. The lowest BCUT2D eigenvalue weighted by molar-refractivity contribution is -0.384. The summed E-state index contributed by atoms with van der Waals surface area (Å²) in [7, 11) is 1.52. The number of nitrogens with zero attached hydrogens (tertiary/aromatic N) is 2. The van der Waals surface area contributed by atoms with Gasteiger partial charge in [0.05, 0.1) is 31.7 Å². The monoisotopic (exact) mass is 513 g/mol. The third-order valence-electron chi connectivity index (χ3n) is 3.31. The van der Waals surface area contributed by atoms with Gasteiger partial charge in [-0.15, -0.1) is 0 Å². The van der Waals surface area contributed by atoms with Crippen LogP contribution in [0.25, 0.3) is 6.08 Å². The molecular formula is C17H10Br2ClN3O4. The normalized spacial score (nSPS) is 10.9. The van der Waals surface area contributed by atoms with Crippen molar-refractivity contribution in [3.63, 3.8) is 0 Å². The number of ether oxygens (including phenoxy) is 1. The van der Waals surface area contributed by atoms with E-state index in [-0.39, 0.29) is 22.0 Å². The molecule has 10 heteroatoms. The van der Waals surface area contributed by atoms with Crippen molar-refractivity contribution in [1.82, 2.24) is 0 Å². The number of methoxy groups -OCH3 is 1. The molecule has 1 N–H and O–H groups in total. The molecule has 2 aromatic rings. The molecular weight excluding hydrogens is 505 g/mol. The summed E-state index contributed by atoms with van der Waals surface area (Å²) in [6.07, 6.45) is 1.39. The molecule has 0 saturated heterocycles. The van der Waals surface area contributed by atoms with Gasteiger partial charge in [-0.3, -0.25) is 14.9 Å². The lowest BCUT2D eigenvalue weighted by Crippen LogP contribution is -2.13. The maximum atomic E-state index is 12.4. The van der Waals surface area contributed by atoms with E-state index in [9.17, 15) is 20.2 Å². The first-order valence-electron chi connectivity index (χ1n) is 7.17. The SMILES string of the molecule is COc1c(Br)cc(/C=C(/C#N)C(=O)Nc2ccc([N+](=O)[O-])cc2Cl)cc1Br. The number of carbonyl (C=O) groups excluding carboxylic acids is 1. The zero-order valence-corrected chi connectivity index (χ0v) is 17.6. The van der Waals surface area contributed by atoms with Crippen LogP contribution in [0.3, 0.4) is 0 Å². The number of carbonyl (C=O) groups is 1. The molecule has 0 aliphatic rings. The van der Waals surface area contributed by atoms with Gasteiger partial charge in [0.2, 0.25) is 0 Å². The van der Waals surface area contributed by atoms with E-state index < -0.39 is 10.8 Å². The summed E-state index contributed by atoms with van der Waals surface area (Å²) in [6.45, 7) is 0. The van der Waals surface area contributed by atoms with Crippen LogP contribution in [-0.2, 0) is 4.79 Å². The molecule has 0 aromatic heterocycles. The summed E-state index contributed by atoms with van der Waals surface area (Å²) in [5.41, 5.74) is 0.358. The molecule has 2 rings (SSSR count). The van der Waals surface area contributed by atoms with E-state index in [0.29, 0.717) is 20.3 Å². The summed E-state index contributed by atoms with van der Waals surface area (Å²) in [5, 5.41) is 22.5. The highest BCUT2D eigenvalue weighted by molar-refractivity contribution is 9.11. The second-order valence-electron chi connectivity index (χ2n) is 5.06. The maximum Gasteiger partial charge on any atom is 0.271 e. The number of benzene rings is 2. The van der Waals surface area contributed by atoms with Crippen LogP contribution < -0.4 is 10.1 Å². The average Bonchev–Trinajstić information content (AvgIpc) is 2.60. The van der Waals surface area contributed by atoms with Crippen molar-refractivity contribution < 1.29 is 14.5 Å². The molecule has 0 aliphatic carbocycles. The Kier molecular flexibility index (Phi) is 6.96. The second-order valence-corrected chi connectivity index (χ2v) is 7.18. The number of anilines is 1. The zero-order valence-electron chi connectivity index (χ0n) is 13.6. The van der Waals surface area contributed by atoms with Gasteiger partial charge in [-0.2, -0.15) is 5.26 Å². The summed E-state index contributed by atoms with van der Waals surface area (Å²) < 4.78 is 6.49. The number of non-ortho nitro benzene ring substituents is 1. The molecule has 0 saturated carbocycles. The van der Waals surface area contributed by atoms with Crippen molar-refractivity contribution >= 4 is 66.8 Å². The Morgan fingerprint density at radius 3 is 2.44 bits per heavy atom. The Bertz CT molecular complexity index is 979. The molecule has 0 unspecified atom stereocenters. The zero-order chi connectivity index (χ0) is 20.1. The summed E-state index contributed by atoms with van der Waals surface area (Å²) in [6, 6.07) is 8.82. The fourth-order valence-corrected chi connectivity index (χ4v) is 3.85. The first-order chi connectivity index (χ1) is 12.8. The van der Waals surface area contributed by atoms with Crippen LogP contribution in [0.2, 0.25) is 5.02 Å². The number of rotatable bonds is 5. The molecule has 7 nitrogen and oxygen atoms in total. The Morgan fingerprint density at radius 1 is 1.33 bits per heavy atom. The molecule has 0 heterocycles. The van der Waals surface area contributed by atoms with Gasteiger partial charge in [0, 0.05) is 12.1 Å². The highest BCUT2D eigenvalue weighted by Crippen LogP contribution is 2.35.